The fourth-order valence-electron chi connectivity index (χ4n) is 3.66. The summed E-state index contributed by atoms with van der Waals surface area (Å²) < 4.78 is 5.47. The Balaban J connectivity index is 1.29. The van der Waals surface area contributed by atoms with E-state index in [2.05, 4.69) is 27.8 Å². The highest BCUT2D eigenvalue weighted by atomic mass is 32.1. The summed E-state index contributed by atoms with van der Waals surface area (Å²) in [4.78, 5) is 39.2. The van der Waals surface area contributed by atoms with Crippen molar-refractivity contribution in [2.24, 2.45) is 0 Å². The number of carboxylic acid groups (broad SMARTS) is 1. The van der Waals surface area contributed by atoms with Gasteiger partial charge in [-0.15, -0.1) is 11.3 Å². The number of aromatic nitrogens is 1. The quantitative estimate of drug-likeness (QED) is 0.399. The first kappa shape index (κ1) is 22.4. The van der Waals surface area contributed by atoms with Crippen molar-refractivity contribution < 1.29 is 29.3 Å². The fourth-order valence-corrected chi connectivity index (χ4v) is 4.43. The lowest BCUT2D eigenvalue weighted by Crippen LogP contribution is -2.36. The summed E-state index contributed by atoms with van der Waals surface area (Å²) in [5.41, 5.74) is 4.53. The second-order valence-corrected chi connectivity index (χ2v) is 8.48. The lowest BCUT2D eigenvalue weighted by atomic mass is 9.98. The second kappa shape index (κ2) is 9.80. The van der Waals surface area contributed by atoms with Gasteiger partial charge in [0.1, 0.15) is 16.5 Å². The van der Waals surface area contributed by atoms with Gasteiger partial charge in [0, 0.05) is 5.92 Å². The number of benzene rings is 2. The molecule has 1 aromatic heterocycles. The fraction of sp³-hybridized carbons (Fsp3) is 0.217. The Morgan fingerprint density at radius 2 is 1.67 bits per heavy atom. The average Bonchev–Trinajstić information content (AvgIpc) is 3.42. The number of amides is 2. The minimum Gasteiger partial charge on any atom is -0.479 e. The van der Waals surface area contributed by atoms with Crippen LogP contribution >= 0.6 is 11.3 Å². The van der Waals surface area contributed by atoms with E-state index in [1.54, 1.807) is 0 Å². The molecule has 0 unspecified atom stereocenters. The number of alkyl carbamates (subject to hydrolysis) is 1. The summed E-state index contributed by atoms with van der Waals surface area (Å²) in [7, 11) is 0. The van der Waals surface area contributed by atoms with E-state index in [9.17, 15) is 19.5 Å². The Hall–Kier alpha value is -3.76. The smallest absolute Gasteiger partial charge is 0.407 e. The number of fused-ring (bicyclic) bond motifs is 3. The number of aliphatic hydroxyl groups excluding tert-OH is 1. The number of hydrogen-bond donors (Lipinski definition) is 4. The normalized spacial score (nSPS) is 13.0. The highest BCUT2D eigenvalue weighted by Gasteiger charge is 2.29. The van der Waals surface area contributed by atoms with Gasteiger partial charge in [0.05, 0.1) is 19.3 Å². The van der Waals surface area contributed by atoms with Crippen LogP contribution in [-0.2, 0) is 16.1 Å². The van der Waals surface area contributed by atoms with Crippen LogP contribution in [0.1, 0.15) is 31.7 Å². The first-order valence-electron chi connectivity index (χ1n) is 10.2. The molecule has 10 heteroatoms. The van der Waals surface area contributed by atoms with Crippen LogP contribution in [0.4, 0.5) is 4.79 Å². The van der Waals surface area contributed by atoms with Crippen molar-refractivity contribution in [1.29, 1.82) is 0 Å². The molecule has 170 valence electrons. The molecule has 3 aromatic rings. The predicted octanol–water partition coefficient (Wildman–Crippen LogP) is 2.36. The molecule has 1 heterocycles. The zero-order valence-electron chi connectivity index (χ0n) is 17.4. The third-order valence-corrected chi connectivity index (χ3v) is 6.24. The van der Waals surface area contributed by atoms with E-state index in [1.165, 1.54) is 6.20 Å². The summed E-state index contributed by atoms with van der Waals surface area (Å²) in [6.07, 6.45) is -0.957. The SMILES string of the molecule is O=C(NCc1ncc(C(=O)NC[C@H](O)C(=O)O)s1)OCC1c2ccccc2-c2ccccc21. The van der Waals surface area contributed by atoms with Crippen molar-refractivity contribution in [2.45, 2.75) is 18.6 Å². The van der Waals surface area contributed by atoms with Gasteiger partial charge in [-0.2, -0.15) is 0 Å². The van der Waals surface area contributed by atoms with E-state index >= 15 is 0 Å². The van der Waals surface area contributed by atoms with Gasteiger partial charge in [-0.3, -0.25) is 4.79 Å². The molecule has 2 aromatic carbocycles. The van der Waals surface area contributed by atoms with E-state index in [4.69, 9.17) is 9.84 Å². The number of carboxylic acids is 1. The molecule has 0 aliphatic heterocycles. The highest BCUT2D eigenvalue weighted by molar-refractivity contribution is 7.13. The molecule has 9 nitrogen and oxygen atoms in total. The molecule has 0 fully saturated rings. The molecule has 1 atom stereocenters. The molecule has 0 bridgehead atoms. The number of carbonyl (C=O) groups is 3. The van der Waals surface area contributed by atoms with Crippen LogP contribution in [0.25, 0.3) is 11.1 Å². The van der Waals surface area contributed by atoms with Crippen molar-refractivity contribution >= 4 is 29.3 Å². The predicted molar refractivity (Wildman–Crippen MR) is 120 cm³/mol. The number of nitrogens with zero attached hydrogens (tertiary/aromatic N) is 1. The van der Waals surface area contributed by atoms with Crippen molar-refractivity contribution in [3.63, 3.8) is 0 Å². The first-order valence-corrected chi connectivity index (χ1v) is 11.0. The van der Waals surface area contributed by atoms with Crippen LogP contribution in [0.2, 0.25) is 0 Å². The van der Waals surface area contributed by atoms with Gasteiger partial charge in [0.25, 0.3) is 5.91 Å². The van der Waals surface area contributed by atoms with Gasteiger partial charge in [0.15, 0.2) is 6.10 Å². The molecule has 2 amide bonds. The van der Waals surface area contributed by atoms with Gasteiger partial charge in [-0.25, -0.2) is 14.6 Å². The van der Waals surface area contributed by atoms with Crippen LogP contribution < -0.4 is 10.6 Å². The van der Waals surface area contributed by atoms with Crippen LogP contribution in [0.15, 0.2) is 54.7 Å². The van der Waals surface area contributed by atoms with Crippen molar-refractivity contribution in [3.05, 3.63) is 75.7 Å². The summed E-state index contributed by atoms with van der Waals surface area (Å²) >= 11 is 1.05. The van der Waals surface area contributed by atoms with Gasteiger partial charge in [-0.05, 0) is 22.3 Å². The summed E-state index contributed by atoms with van der Waals surface area (Å²) in [6.45, 7) is -0.150. The molecular formula is C23H21N3O6S. The number of aliphatic carboxylic acids is 1. The molecule has 4 N–H and O–H groups in total. The number of rotatable bonds is 8. The largest absolute Gasteiger partial charge is 0.479 e. The molecule has 33 heavy (non-hydrogen) atoms. The lowest BCUT2D eigenvalue weighted by Gasteiger charge is -2.14. The molecule has 0 spiro atoms. The molecule has 0 saturated heterocycles. The molecule has 4 rings (SSSR count). The maximum Gasteiger partial charge on any atom is 0.407 e. The minimum atomic E-state index is -1.68. The monoisotopic (exact) mass is 467 g/mol. The van der Waals surface area contributed by atoms with E-state index in [0.717, 1.165) is 33.6 Å². The summed E-state index contributed by atoms with van der Waals surface area (Å²) in [6, 6.07) is 16.1. The van der Waals surface area contributed by atoms with E-state index in [-0.39, 0.29) is 23.9 Å². The summed E-state index contributed by atoms with van der Waals surface area (Å²) in [5, 5.41) is 23.3. The standard InChI is InChI=1S/C23H21N3O6S/c27-18(22(29)30)9-25-21(28)19-10-24-20(33-19)11-26-23(31)32-12-17-15-7-3-1-5-13(15)14-6-2-4-8-16(14)17/h1-8,10,17-18,27H,9,11-12H2,(H,25,28)(H,26,31)(H,29,30)/t18-/m0/s1. The zero-order chi connectivity index (χ0) is 23.4. The van der Waals surface area contributed by atoms with Gasteiger partial charge >= 0.3 is 12.1 Å². The Labute approximate surface area is 193 Å². The Morgan fingerprint density at radius 3 is 2.30 bits per heavy atom. The van der Waals surface area contributed by atoms with Crippen LogP contribution in [0.5, 0.6) is 0 Å². The van der Waals surface area contributed by atoms with E-state index < -0.39 is 30.6 Å². The third-order valence-electron chi connectivity index (χ3n) is 5.25. The number of thiazole rings is 1. The van der Waals surface area contributed by atoms with Crippen LogP contribution in [-0.4, -0.2) is 52.4 Å². The molecular weight excluding hydrogens is 446 g/mol. The molecule has 1 aliphatic rings. The maximum absolute atomic E-state index is 12.3. The average molecular weight is 468 g/mol. The zero-order valence-corrected chi connectivity index (χ0v) is 18.2. The summed E-state index contributed by atoms with van der Waals surface area (Å²) in [5.74, 6) is -2.02. The van der Waals surface area contributed by atoms with Crippen molar-refractivity contribution in [3.8, 4) is 11.1 Å². The van der Waals surface area contributed by atoms with E-state index in [0.29, 0.717) is 5.01 Å². The van der Waals surface area contributed by atoms with E-state index in [1.807, 2.05) is 36.4 Å². The number of aliphatic hydroxyl groups is 1. The minimum absolute atomic E-state index is 0.0422. The van der Waals surface area contributed by atoms with Gasteiger partial charge in [0.2, 0.25) is 0 Å². The molecule has 0 radical (unpaired) electrons. The lowest BCUT2D eigenvalue weighted by molar-refractivity contribution is -0.146. The van der Waals surface area contributed by atoms with Crippen LogP contribution in [0, 0.1) is 0 Å². The van der Waals surface area contributed by atoms with Crippen LogP contribution in [0.3, 0.4) is 0 Å². The number of carbonyl (C=O) groups excluding carboxylic acids is 2. The van der Waals surface area contributed by atoms with Gasteiger partial charge < -0.3 is 25.6 Å². The highest BCUT2D eigenvalue weighted by Crippen LogP contribution is 2.44. The number of ether oxygens (including phenoxy) is 1. The Kier molecular flexibility index (Phi) is 6.66. The molecule has 0 saturated carbocycles. The second-order valence-electron chi connectivity index (χ2n) is 7.36. The van der Waals surface area contributed by atoms with Crippen molar-refractivity contribution in [2.75, 3.05) is 13.2 Å². The van der Waals surface area contributed by atoms with Crippen molar-refractivity contribution in [1.82, 2.24) is 15.6 Å². The Morgan fingerprint density at radius 1 is 1.03 bits per heavy atom. The number of nitrogens with one attached hydrogen (secondary N) is 2. The molecule has 1 aliphatic carbocycles. The topological polar surface area (TPSA) is 138 Å². The third kappa shape index (κ3) is 5.02. The first-order chi connectivity index (χ1) is 15.9. The maximum atomic E-state index is 12.3. The Bertz CT molecular complexity index is 1150. The van der Waals surface area contributed by atoms with Gasteiger partial charge in [-0.1, -0.05) is 48.5 Å². The number of hydrogen-bond acceptors (Lipinski definition) is 7.